The van der Waals surface area contributed by atoms with Gasteiger partial charge in [-0.25, -0.2) is 19.8 Å². The lowest BCUT2D eigenvalue weighted by Crippen LogP contribution is -2.00. The van der Waals surface area contributed by atoms with E-state index in [1.54, 1.807) is 0 Å². The molecule has 0 fully saturated rings. The number of hydrogen-bond acceptors (Lipinski definition) is 3. The van der Waals surface area contributed by atoms with Crippen LogP contribution >= 0.6 is 0 Å². The fourth-order valence-corrected chi connectivity index (χ4v) is 10.2. The van der Waals surface area contributed by atoms with Crippen LogP contribution in [0.2, 0.25) is 0 Å². The first-order valence-electron chi connectivity index (χ1n) is 22.9. The van der Waals surface area contributed by atoms with Crippen molar-refractivity contribution in [2.24, 2.45) is 0 Å². The molecule has 1 aromatic heterocycles. The molecule has 0 unspecified atom stereocenters. The van der Waals surface area contributed by atoms with Crippen LogP contribution in [-0.4, -0.2) is 15.0 Å². The highest BCUT2D eigenvalue weighted by atomic mass is 15.0. The second kappa shape index (κ2) is 16.0. The molecule has 0 amide bonds. The molecule has 1 aliphatic rings. The largest absolute Gasteiger partial charge is 0.238 e. The van der Waals surface area contributed by atoms with Crippen LogP contribution in [-0.2, 0) is 0 Å². The van der Waals surface area contributed by atoms with E-state index in [1.807, 2.05) is 42.5 Å². The molecule has 4 nitrogen and oxygen atoms in total. The summed E-state index contributed by atoms with van der Waals surface area (Å²) in [5.74, 6) is 1.84. The van der Waals surface area contributed by atoms with Crippen LogP contribution in [0.3, 0.4) is 0 Å². The fraction of sp³-hybridized carbons (Fsp3) is 0. The molecule has 0 saturated heterocycles. The van der Waals surface area contributed by atoms with Crippen LogP contribution < -0.4 is 0 Å². The Bertz CT molecular complexity index is 4050. The molecule has 0 radical (unpaired) electrons. The van der Waals surface area contributed by atoms with Crippen molar-refractivity contribution in [2.75, 3.05) is 0 Å². The molecule has 68 heavy (non-hydrogen) atoms. The van der Waals surface area contributed by atoms with Crippen LogP contribution in [0.25, 0.3) is 138 Å². The molecule has 0 aliphatic heterocycles. The van der Waals surface area contributed by atoms with Crippen LogP contribution in [0.5, 0.6) is 0 Å². The Morgan fingerprint density at radius 1 is 0.265 bits per heavy atom. The molecule has 1 aliphatic carbocycles. The van der Waals surface area contributed by atoms with Gasteiger partial charge in [0.1, 0.15) is 0 Å². The van der Waals surface area contributed by atoms with E-state index in [1.165, 1.54) is 60.1 Å². The number of benzene rings is 11. The molecule has 12 aromatic rings. The molecule has 0 N–H and O–H groups in total. The van der Waals surface area contributed by atoms with E-state index in [2.05, 4.69) is 193 Å². The summed E-state index contributed by atoms with van der Waals surface area (Å²) < 4.78 is 0. The van der Waals surface area contributed by atoms with E-state index in [-0.39, 0.29) is 0 Å². The van der Waals surface area contributed by atoms with Crippen LogP contribution in [0, 0.1) is 6.57 Å². The monoisotopic (exact) mass is 862 g/mol. The third-order valence-corrected chi connectivity index (χ3v) is 13.5. The van der Waals surface area contributed by atoms with Gasteiger partial charge in [0.05, 0.1) is 6.57 Å². The molecule has 13 rings (SSSR count). The highest BCUT2D eigenvalue weighted by Gasteiger charge is 2.23. The Hall–Kier alpha value is -9.30. The first-order valence-corrected chi connectivity index (χ1v) is 22.9. The first-order chi connectivity index (χ1) is 33.6. The summed E-state index contributed by atoms with van der Waals surface area (Å²) in [5, 5.41) is 7.48. The second-order valence-corrected chi connectivity index (χ2v) is 17.4. The second-order valence-electron chi connectivity index (χ2n) is 17.4. The maximum Gasteiger partial charge on any atom is 0.187 e. The van der Waals surface area contributed by atoms with E-state index >= 15 is 0 Å². The zero-order valence-electron chi connectivity index (χ0n) is 36.7. The number of fused-ring (bicyclic) bond motifs is 6. The van der Waals surface area contributed by atoms with Crippen molar-refractivity contribution in [3.63, 3.8) is 0 Å². The zero-order chi connectivity index (χ0) is 45.1. The van der Waals surface area contributed by atoms with Crippen molar-refractivity contribution < 1.29 is 0 Å². The molecular weight excluding hydrogens is 825 g/mol. The van der Waals surface area contributed by atoms with E-state index in [0.717, 1.165) is 55.6 Å². The van der Waals surface area contributed by atoms with Crippen molar-refractivity contribution in [3.8, 4) is 101 Å². The van der Waals surface area contributed by atoms with Gasteiger partial charge in [0.15, 0.2) is 23.2 Å². The van der Waals surface area contributed by atoms with Crippen LogP contribution in [0.1, 0.15) is 0 Å². The highest BCUT2D eigenvalue weighted by Crippen LogP contribution is 2.48. The molecule has 0 spiro atoms. The molecule has 4 heteroatoms. The minimum absolute atomic E-state index is 0.595. The summed E-state index contributed by atoms with van der Waals surface area (Å²) >= 11 is 0. The van der Waals surface area contributed by atoms with Gasteiger partial charge in [-0.15, -0.1) is 0 Å². The van der Waals surface area contributed by atoms with E-state index < -0.39 is 0 Å². The maximum atomic E-state index is 7.97. The van der Waals surface area contributed by atoms with Gasteiger partial charge in [0, 0.05) is 16.7 Å². The normalized spacial score (nSPS) is 11.5. The Morgan fingerprint density at radius 3 is 1.54 bits per heavy atom. The standard InChI is InChI=1S/C64H38N4/c1-65-50-31-34-53(46-21-9-20-45(37-46)52-25-12-26-54-51-24-6-5-13-40(51)29-32-55(52)54)59(39-50)47-22-7-18-43(35-47)44-19-8-23-48(36-44)63-66-62(42-14-3-2-4-15-42)67-64(68-63)49-30-33-56-57-27-10-16-41-17-11-28-58(61(41)57)60(56)38-49/h2-39H. The third-order valence-electron chi connectivity index (χ3n) is 13.5. The van der Waals surface area contributed by atoms with Crippen LogP contribution in [0.15, 0.2) is 231 Å². The predicted octanol–water partition coefficient (Wildman–Crippen LogP) is 17.2. The van der Waals surface area contributed by atoms with E-state index in [0.29, 0.717) is 23.2 Å². The Kier molecular flexibility index (Phi) is 9.20. The van der Waals surface area contributed by atoms with E-state index in [4.69, 9.17) is 21.5 Å². The predicted molar refractivity (Wildman–Crippen MR) is 281 cm³/mol. The number of hydrogen-bond donors (Lipinski definition) is 0. The summed E-state index contributed by atoms with van der Waals surface area (Å²) in [6, 6.07) is 81.3. The van der Waals surface area contributed by atoms with Gasteiger partial charge in [0.2, 0.25) is 0 Å². The van der Waals surface area contributed by atoms with Gasteiger partial charge >= 0.3 is 0 Å². The Balaban J connectivity index is 0.884. The average Bonchev–Trinajstić information content (AvgIpc) is 3.74. The quantitative estimate of drug-likeness (QED) is 0.118. The lowest BCUT2D eigenvalue weighted by atomic mass is 9.89. The Morgan fingerprint density at radius 2 is 0.779 bits per heavy atom. The van der Waals surface area contributed by atoms with Gasteiger partial charge in [-0.05, 0) is 129 Å². The molecular formula is C64H38N4. The van der Waals surface area contributed by atoms with Crippen molar-refractivity contribution in [1.82, 2.24) is 15.0 Å². The van der Waals surface area contributed by atoms with Gasteiger partial charge in [-0.3, -0.25) is 0 Å². The van der Waals surface area contributed by atoms with Crippen molar-refractivity contribution >= 4 is 38.0 Å². The number of aromatic nitrogens is 3. The molecule has 0 atom stereocenters. The average molecular weight is 863 g/mol. The lowest BCUT2D eigenvalue weighted by molar-refractivity contribution is 1.07. The SMILES string of the molecule is [C-]#[N+]c1ccc(-c2cccc(-c3cccc4c3ccc3ccccc34)c2)c(-c2cccc(-c3cccc(-c4nc(-c5ccccc5)nc(-c5ccc6c(c5)-c5cccc7cccc-6c57)n4)c3)c2)c1. The fourth-order valence-electron chi connectivity index (χ4n) is 10.2. The summed E-state index contributed by atoms with van der Waals surface area (Å²) in [7, 11) is 0. The summed E-state index contributed by atoms with van der Waals surface area (Å²) in [6.07, 6.45) is 0. The topological polar surface area (TPSA) is 43.0 Å². The molecule has 314 valence electrons. The van der Waals surface area contributed by atoms with Crippen molar-refractivity contribution in [1.29, 1.82) is 0 Å². The highest BCUT2D eigenvalue weighted by molar-refractivity contribution is 6.16. The number of nitrogens with zero attached hydrogens (tertiary/aromatic N) is 4. The van der Waals surface area contributed by atoms with Gasteiger partial charge < -0.3 is 0 Å². The summed E-state index contributed by atoms with van der Waals surface area (Å²) in [6.45, 7) is 7.97. The van der Waals surface area contributed by atoms with Crippen molar-refractivity contribution in [2.45, 2.75) is 0 Å². The molecule has 0 saturated carbocycles. The van der Waals surface area contributed by atoms with Crippen LogP contribution in [0.4, 0.5) is 5.69 Å². The smallest absolute Gasteiger partial charge is 0.187 e. The van der Waals surface area contributed by atoms with E-state index in [9.17, 15) is 0 Å². The molecule has 1 heterocycles. The third kappa shape index (κ3) is 6.65. The summed E-state index contributed by atoms with van der Waals surface area (Å²) in [4.78, 5) is 19.3. The number of rotatable bonds is 7. The van der Waals surface area contributed by atoms with Gasteiger partial charge in [-0.1, -0.05) is 200 Å². The Labute approximate surface area is 394 Å². The molecule has 0 bridgehead atoms. The zero-order valence-corrected chi connectivity index (χ0v) is 36.7. The van der Waals surface area contributed by atoms with Gasteiger partial charge in [-0.2, -0.15) is 0 Å². The lowest BCUT2D eigenvalue weighted by Gasteiger charge is -2.15. The summed E-state index contributed by atoms with van der Waals surface area (Å²) in [5.41, 5.74) is 16.8. The first kappa shape index (κ1) is 39.1. The molecule has 11 aromatic carbocycles. The maximum absolute atomic E-state index is 7.97. The minimum Gasteiger partial charge on any atom is -0.238 e. The van der Waals surface area contributed by atoms with Crippen molar-refractivity contribution in [3.05, 3.63) is 242 Å². The minimum atomic E-state index is 0.595. The van der Waals surface area contributed by atoms with Gasteiger partial charge in [0.25, 0.3) is 0 Å².